The molecule has 4 atom stereocenters. The van der Waals surface area contributed by atoms with E-state index in [-0.39, 0.29) is 0 Å². The Hall–Kier alpha value is -1.21. The van der Waals surface area contributed by atoms with Crippen molar-refractivity contribution in [3.05, 3.63) is 24.3 Å². The van der Waals surface area contributed by atoms with Crippen LogP contribution in [0, 0.1) is 0 Å². The van der Waals surface area contributed by atoms with E-state index < -0.39 is 36.9 Å². The predicted molar refractivity (Wildman–Crippen MR) is 284 cm³/mol. The fourth-order valence-electron chi connectivity index (χ4n) is 9.32. The van der Waals surface area contributed by atoms with Gasteiger partial charge in [-0.2, -0.15) is 0 Å². The number of nitrogens with one attached hydrogen (secondary N) is 1. The maximum Gasteiger partial charge on any atom is 0.249 e. The molecule has 0 saturated carbocycles. The SMILES string of the molecule is CCCCCCCCCCC/C=C\C/C=C\CCCCCCCCCCCCCCC(O)C(=O)NC(CO)C(O)C(O)CCCCCCCCCCCCCCCCCCCCCCC. The monoisotopic (exact) mass is 918 g/mol. The van der Waals surface area contributed by atoms with Crippen LogP contribution in [0.3, 0.4) is 0 Å². The lowest BCUT2D eigenvalue weighted by molar-refractivity contribution is -0.132. The third-order valence-electron chi connectivity index (χ3n) is 13.9. The number of carbonyl (C=O) groups excluding carboxylic acids is 1. The molecule has 0 saturated heterocycles. The lowest BCUT2D eigenvalue weighted by Crippen LogP contribution is -2.53. The Balaban J connectivity index is 3.61. The zero-order chi connectivity index (χ0) is 47.4. The van der Waals surface area contributed by atoms with Crippen LogP contribution in [0.5, 0.6) is 0 Å². The minimum atomic E-state index is -1.26. The number of hydrogen-bond acceptors (Lipinski definition) is 5. The van der Waals surface area contributed by atoms with Gasteiger partial charge in [-0.25, -0.2) is 0 Å². The maximum atomic E-state index is 12.6. The van der Waals surface area contributed by atoms with Crippen molar-refractivity contribution in [2.45, 2.75) is 340 Å². The molecule has 0 aromatic carbocycles. The van der Waals surface area contributed by atoms with Gasteiger partial charge in [0.15, 0.2) is 0 Å². The highest BCUT2D eigenvalue weighted by Crippen LogP contribution is 2.18. The van der Waals surface area contributed by atoms with Gasteiger partial charge in [-0.05, 0) is 44.9 Å². The molecule has 0 rings (SSSR count). The summed E-state index contributed by atoms with van der Waals surface area (Å²) < 4.78 is 0. The second-order valence-corrected chi connectivity index (χ2v) is 20.3. The fraction of sp³-hybridized carbons (Fsp3) is 0.915. The van der Waals surface area contributed by atoms with Gasteiger partial charge in [-0.1, -0.05) is 295 Å². The number of aliphatic hydroxyl groups excluding tert-OH is 4. The lowest BCUT2D eigenvalue weighted by Gasteiger charge is -2.27. The quantitative estimate of drug-likeness (QED) is 0.0308. The first-order valence-electron chi connectivity index (χ1n) is 29.2. The molecule has 0 aromatic rings. The standard InChI is InChI=1S/C59H115NO5/c1-3-5-7-9-11-13-15-17-19-21-23-25-26-27-28-29-30-31-33-35-37-39-41-43-45-47-49-51-53-57(63)59(65)60-55(54-61)58(64)56(62)52-50-48-46-44-42-40-38-36-34-32-24-22-20-18-16-14-12-10-8-6-4-2/h23,25,27-28,55-58,61-64H,3-22,24,26,29-54H2,1-2H3,(H,60,65)/b25-23-,28-27-. The normalized spacial score (nSPS) is 13.9. The molecule has 0 bridgehead atoms. The molecule has 0 aliphatic rings. The molecule has 386 valence electrons. The van der Waals surface area contributed by atoms with E-state index in [1.807, 2.05) is 0 Å². The van der Waals surface area contributed by atoms with Gasteiger partial charge >= 0.3 is 0 Å². The molecular weight excluding hydrogens is 803 g/mol. The first kappa shape index (κ1) is 63.8. The van der Waals surface area contributed by atoms with Crippen molar-refractivity contribution in [1.82, 2.24) is 5.32 Å². The van der Waals surface area contributed by atoms with E-state index >= 15 is 0 Å². The van der Waals surface area contributed by atoms with Crippen LogP contribution in [0.25, 0.3) is 0 Å². The van der Waals surface area contributed by atoms with Crippen molar-refractivity contribution in [3.8, 4) is 0 Å². The number of amides is 1. The number of aliphatic hydroxyl groups is 4. The summed E-state index contributed by atoms with van der Waals surface area (Å²) in [6.45, 7) is 4.09. The molecule has 0 heterocycles. The zero-order valence-electron chi connectivity index (χ0n) is 43.8. The Bertz CT molecular complexity index is 986. The highest BCUT2D eigenvalue weighted by molar-refractivity contribution is 5.80. The summed E-state index contributed by atoms with van der Waals surface area (Å²) in [5, 5.41) is 44.1. The molecule has 0 spiro atoms. The van der Waals surface area contributed by atoms with Gasteiger partial charge in [-0.3, -0.25) is 4.79 Å². The first-order chi connectivity index (χ1) is 32.0. The van der Waals surface area contributed by atoms with Gasteiger partial charge in [0.05, 0.1) is 18.8 Å². The maximum absolute atomic E-state index is 12.6. The third-order valence-corrected chi connectivity index (χ3v) is 13.9. The van der Waals surface area contributed by atoms with Gasteiger partial charge in [0.25, 0.3) is 0 Å². The van der Waals surface area contributed by atoms with Crippen LogP contribution in [-0.2, 0) is 4.79 Å². The van der Waals surface area contributed by atoms with Crippen molar-refractivity contribution in [3.63, 3.8) is 0 Å². The Morgan fingerprint density at radius 2 is 0.662 bits per heavy atom. The Kier molecular flexibility index (Phi) is 52.7. The molecule has 1 amide bonds. The van der Waals surface area contributed by atoms with Crippen molar-refractivity contribution in [1.29, 1.82) is 0 Å². The summed E-state index contributed by atoms with van der Waals surface area (Å²) in [6, 6.07) is -0.985. The number of unbranched alkanes of at least 4 members (excludes halogenated alkanes) is 41. The highest BCUT2D eigenvalue weighted by Gasteiger charge is 2.28. The molecule has 0 radical (unpaired) electrons. The molecule has 0 fully saturated rings. The van der Waals surface area contributed by atoms with Crippen molar-refractivity contribution in [2.24, 2.45) is 0 Å². The van der Waals surface area contributed by atoms with Crippen molar-refractivity contribution < 1.29 is 25.2 Å². The zero-order valence-corrected chi connectivity index (χ0v) is 43.8. The fourth-order valence-corrected chi connectivity index (χ4v) is 9.32. The van der Waals surface area contributed by atoms with Crippen LogP contribution in [0.2, 0.25) is 0 Å². The van der Waals surface area contributed by atoms with Crippen LogP contribution in [0.1, 0.15) is 316 Å². The molecule has 0 aliphatic carbocycles. The van der Waals surface area contributed by atoms with E-state index in [4.69, 9.17) is 0 Å². The lowest BCUT2D eigenvalue weighted by atomic mass is 9.99. The molecule has 6 nitrogen and oxygen atoms in total. The molecule has 4 unspecified atom stereocenters. The van der Waals surface area contributed by atoms with E-state index in [9.17, 15) is 25.2 Å². The largest absolute Gasteiger partial charge is 0.394 e. The van der Waals surface area contributed by atoms with Crippen LogP contribution in [-0.4, -0.2) is 57.3 Å². The Morgan fingerprint density at radius 1 is 0.385 bits per heavy atom. The number of rotatable bonds is 54. The molecule has 6 heteroatoms. The molecule has 5 N–H and O–H groups in total. The molecule has 0 aromatic heterocycles. The van der Waals surface area contributed by atoms with Gasteiger partial charge < -0.3 is 25.7 Å². The summed E-state index contributed by atoms with van der Waals surface area (Å²) in [6.07, 6.45) is 65.3. The van der Waals surface area contributed by atoms with E-state index in [1.54, 1.807) is 0 Å². The van der Waals surface area contributed by atoms with E-state index in [0.29, 0.717) is 12.8 Å². The van der Waals surface area contributed by atoms with Crippen molar-refractivity contribution >= 4 is 5.91 Å². The van der Waals surface area contributed by atoms with E-state index in [2.05, 4.69) is 43.5 Å². The van der Waals surface area contributed by atoms with Gasteiger partial charge in [0.1, 0.15) is 12.2 Å². The molecule has 65 heavy (non-hydrogen) atoms. The number of allylic oxidation sites excluding steroid dienone is 4. The third kappa shape index (κ3) is 47.6. The van der Waals surface area contributed by atoms with Crippen LogP contribution < -0.4 is 5.32 Å². The highest BCUT2D eigenvalue weighted by atomic mass is 16.3. The minimum absolute atomic E-state index is 0.369. The summed E-state index contributed by atoms with van der Waals surface area (Å²) in [7, 11) is 0. The van der Waals surface area contributed by atoms with E-state index in [0.717, 1.165) is 44.9 Å². The van der Waals surface area contributed by atoms with Crippen molar-refractivity contribution in [2.75, 3.05) is 6.61 Å². The van der Waals surface area contributed by atoms with Gasteiger partial charge in [-0.15, -0.1) is 0 Å². The first-order valence-corrected chi connectivity index (χ1v) is 29.2. The topological polar surface area (TPSA) is 110 Å². The smallest absolute Gasteiger partial charge is 0.249 e. The Labute approximate surface area is 405 Å². The summed E-state index contributed by atoms with van der Waals surface area (Å²) >= 11 is 0. The average Bonchev–Trinajstić information content (AvgIpc) is 3.31. The number of hydrogen-bond donors (Lipinski definition) is 5. The van der Waals surface area contributed by atoms with Crippen LogP contribution in [0.4, 0.5) is 0 Å². The van der Waals surface area contributed by atoms with E-state index in [1.165, 1.54) is 244 Å². The second-order valence-electron chi connectivity index (χ2n) is 20.3. The van der Waals surface area contributed by atoms with Crippen LogP contribution >= 0.6 is 0 Å². The Morgan fingerprint density at radius 3 is 0.969 bits per heavy atom. The average molecular weight is 919 g/mol. The summed E-state index contributed by atoms with van der Waals surface area (Å²) in [4.78, 5) is 12.6. The second kappa shape index (κ2) is 53.7. The minimum Gasteiger partial charge on any atom is -0.394 e. The number of carbonyl (C=O) groups is 1. The predicted octanol–water partition coefficient (Wildman–Crippen LogP) is 17.0. The van der Waals surface area contributed by atoms with Gasteiger partial charge in [0.2, 0.25) is 5.91 Å². The molecular formula is C59H115NO5. The van der Waals surface area contributed by atoms with Crippen LogP contribution in [0.15, 0.2) is 24.3 Å². The summed E-state index contributed by atoms with van der Waals surface area (Å²) in [5.74, 6) is -0.580. The van der Waals surface area contributed by atoms with Gasteiger partial charge in [0, 0.05) is 0 Å². The summed E-state index contributed by atoms with van der Waals surface area (Å²) in [5.41, 5.74) is 0. The molecule has 0 aliphatic heterocycles.